The highest BCUT2D eigenvalue weighted by molar-refractivity contribution is 5.93. The van der Waals surface area contributed by atoms with Gasteiger partial charge in [-0.1, -0.05) is 0 Å². The van der Waals surface area contributed by atoms with Crippen molar-refractivity contribution in [3.63, 3.8) is 0 Å². The van der Waals surface area contributed by atoms with Gasteiger partial charge in [-0.05, 0) is 63.9 Å². The standard InChI is InChI=1S/C20H27N5O/c1-14-18-13-16(22-15(2)26)5-6-19(18)23-20(21-14)25-11-7-17(8-12-25)24-9-3-4-10-24/h5-6,13,17H,3-4,7-12H2,1-2H3,(H,22,26). The van der Waals surface area contributed by atoms with Crippen molar-refractivity contribution in [2.24, 2.45) is 0 Å². The summed E-state index contributed by atoms with van der Waals surface area (Å²) in [7, 11) is 0. The molecule has 3 heterocycles. The predicted molar refractivity (Wildman–Crippen MR) is 105 cm³/mol. The highest BCUT2D eigenvalue weighted by Gasteiger charge is 2.27. The van der Waals surface area contributed by atoms with Crippen molar-refractivity contribution < 1.29 is 4.79 Å². The third-order valence-electron chi connectivity index (χ3n) is 5.60. The molecule has 0 atom stereocenters. The maximum atomic E-state index is 11.3. The highest BCUT2D eigenvalue weighted by Crippen LogP contribution is 2.26. The van der Waals surface area contributed by atoms with Gasteiger partial charge in [0.2, 0.25) is 11.9 Å². The topological polar surface area (TPSA) is 61.4 Å². The molecule has 0 radical (unpaired) electrons. The molecule has 1 N–H and O–H groups in total. The molecule has 0 saturated carbocycles. The monoisotopic (exact) mass is 353 g/mol. The van der Waals surface area contributed by atoms with Crippen LogP contribution in [0, 0.1) is 6.92 Å². The van der Waals surface area contributed by atoms with Gasteiger partial charge in [0.25, 0.3) is 0 Å². The molecule has 2 aliphatic rings. The van der Waals surface area contributed by atoms with Crippen molar-refractivity contribution in [2.45, 2.75) is 45.6 Å². The van der Waals surface area contributed by atoms with Gasteiger partial charge >= 0.3 is 0 Å². The molecule has 1 aromatic heterocycles. The van der Waals surface area contributed by atoms with Gasteiger partial charge in [-0.2, -0.15) is 0 Å². The fourth-order valence-corrected chi connectivity index (χ4v) is 4.23. The first kappa shape index (κ1) is 17.2. The van der Waals surface area contributed by atoms with E-state index in [2.05, 4.69) is 15.1 Å². The van der Waals surface area contributed by atoms with E-state index in [1.54, 1.807) is 0 Å². The van der Waals surface area contributed by atoms with Crippen molar-refractivity contribution in [3.8, 4) is 0 Å². The lowest BCUT2D eigenvalue weighted by atomic mass is 10.0. The van der Waals surface area contributed by atoms with Crippen molar-refractivity contribution in [1.29, 1.82) is 0 Å². The minimum Gasteiger partial charge on any atom is -0.341 e. The van der Waals surface area contributed by atoms with Gasteiger partial charge in [0.1, 0.15) is 0 Å². The molecule has 0 spiro atoms. The summed E-state index contributed by atoms with van der Waals surface area (Å²) in [4.78, 5) is 25.8. The second-order valence-corrected chi connectivity index (χ2v) is 7.48. The number of aryl methyl sites for hydroxylation is 1. The van der Waals surface area contributed by atoms with E-state index in [4.69, 9.17) is 9.97 Å². The van der Waals surface area contributed by atoms with Crippen LogP contribution in [0.15, 0.2) is 18.2 Å². The van der Waals surface area contributed by atoms with E-state index in [9.17, 15) is 4.79 Å². The van der Waals surface area contributed by atoms with E-state index in [0.717, 1.165) is 47.4 Å². The number of amides is 1. The highest BCUT2D eigenvalue weighted by atomic mass is 16.1. The van der Waals surface area contributed by atoms with Crippen LogP contribution in [0.4, 0.5) is 11.6 Å². The molecule has 0 bridgehead atoms. The maximum absolute atomic E-state index is 11.3. The third-order valence-corrected chi connectivity index (χ3v) is 5.60. The molecule has 6 nitrogen and oxygen atoms in total. The summed E-state index contributed by atoms with van der Waals surface area (Å²) in [5.74, 6) is 0.766. The van der Waals surface area contributed by atoms with Crippen molar-refractivity contribution in [2.75, 3.05) is 36.4 Å². The number of anilines is 2. The molecule has 0 unspecified atom stereocenters. The van der Waals surface area contributed by atoms with Crippen LogP contribution in [0.1, 0.15) is 38.3 Å². The molecule has 0 aliphatic carbocycles. The Morgan fingerprint density at radius 2 is 1.85 bits per heavy atom. The number of nitrogens with one attached hydrogen (secondary N) is 1. The van der Waals surface area contributed by atoms with Crippen LogP contribution >= 0.6 is 0 Å². The average molecular weight is 353 g/mol. The minimum absolute atomic E-state index is 0.0691. The van der Waals surface area contributed by atoms with E-state index in [-0.39, 0.29) is 5.91 Å². The van der Waals surface area contributed by atoms with Gasteiger partial charge in [-0.3, -0.25) is 4.79 Å². The lowest BCUT2D eigenvalue weighted by Crippen LogP contribution is -2.44. The summed E-state index contributed by atoms with van der Waals surface area (Å²) in [5, 5.41) is 3.82. The number of fused-ring (bicyclic) bond motifs is 1. The molecule has 4 rings (SSSR count). The Morgan fingerprint density at radius 1 is 1.12 bits per heavy atom. The lowest BCUT2D eigenvalue weighted by molar-refractivity contribution is -0.114. The summed E-state index contributed by atoms with van der Waals surface area (Å²) in [6.45, 7) is 8.12. The third kappa shape index (κ3) is 3.51. The number of nitrogens with zero attached hydrogens (tertiary/aromatic N) is 4. The SMILES string of the molecule is CC(=O)Nc1ccc2nc(N3CCC(N4CCCC4)CC3)nc(C)c2c1. The van der Waals surface area contributed by atoms with Gasteiger partial charge in [0.05, 0.1) is 11.2 Å². The number of piperidine rings is 1. The van der Waals surface area contributed by atoms with Gasteiger partial charge < -0.3 is 15.1 Å². The number of hydrogen-bond donors (Lipinski definition) is 1. The number of hydrogen-bond acceptors (Lipinski definition) is 5. The van der Waals surface area contributed by atoms with Crippen molar-refractivity contribution in [3.05, 3.63) is 23.9 Å². The largest absolute Gasteiger partial charge is 0.341 e. The van der Waals surface area contributed by atoms with E-state index in [1.165, 1.54) is 45.7 Å². The molecular formula is C20H27N5O. The number of likely N-dealkylation sites (tertiary alicyclic amines) is 1. The summed E-state index contributed by atoms with van der Waals surface area (Å²) >= 11 is 0. The van der Waals surface area contributed by atoms with Crippen LogP contribution in [0.5, 0.6) is 0 Å². The maximum Gasteiger partial charge on any atom is 0.226 e. The molecule has 2 aliphatic heterocycles. The van der Waals surface area contributed by atoms with Crippen molar-refractivity contribution >= 4 is 28.4 Å². The van der Waals surface area contributed by atoms with Gasteiger partial charge in [-0.25, -0.2) is 9.97 Å². The molecule has 1 aromatic carbocycles. The first-order chi connectivity index (χ1) is 12.6. The zero-order valence-electron chi connectivity index (χ0n) is 15.7. The summed E-state index contributed by atoms with van der Waals surface area (Å²) in [5.41, 5.74) is 2.68. The van der Waals surface area contributed by atoms with E-state index in [1.807, 2.05) is 25.1 Å². The molecule has 6 heteroatoms. The van der Waals surface area contributed by atoms with Crippen LogP contribution in [0.3, 0.4) is 0 Å². The number of aromatic nitrogens is 2. The van der Waals surface area contributed by atoms with Crippen LogP contribution in [0.25, 0.3) is 10.9 Å². The fourth-order valence-electron chi connectivity index (χ4n) is 4.23. The molecule has 1 amide bonds. The molecule has 2 saturated heterocycles. The Morgan fingerprint density at radius 3 is 2.54 bits per heavy atom. The van der Waals surface area contributed by atoms with Gasteiger partial charge in [-0.15, -0.1) is 0 Å². The summed E-state index contributed by atoms with van der Waals surface area (Å²) in [6.07, 6.45) is 5.10. The summed E-state index contributed by atoms with van der Waals surface area (Å²) in [6, 6.07) is 6.56. The van der Waals surface area contributed by atoms with E-state index < -0.39 is 0 Å². The smallest absolute Gasteiger partial charge is 0.226 e. The van der Waals surface area contributed by atoms with Gasteiger partial charge in [0, 0.05) is 37.1 Å². The van der Waals surface area contributed by atoms with E-state index in [0.29, 0.717) is 0 Å². The van der Waals surface area contributed by atoms with Crippen LogP contribution < -0.4 is 10.2 Å². The fraction of sp³-hybridized carbons (Fsp3) is 0.550. The minimum atomic E-state index is -0.0691. The predicted octanol–water partition coefficient (Wildman–Crippen LogP) is 2.96. The second-order valence-electron chi connectivity index (χ2n) is 7.48. The summed E-state index contributed by atoms with van der Waals surface area (Å²) < 4.78 is 0. The van der Waals surface area contributed by atoms with Crippen LogP contribution in [0.2, 0.25) is 0 Å². The Labute approximate surface area is 154 Å². The molecule has 2 aromatic rings. The van der Waals surface area contributed by atoms with E-state index >= 15 is 0 Å². The number of rotatable bonds is 3. The molecule has 26 heavy (non-hydrogen) atoms. The number of carbonyl (C=O) groups excluding carboxylic acids is 1. The number of carbonyl (C=O) groups is 1. The zero-order valence-corrected chi connectivity index (χ0v) is 15.7. The van der Waals surface area contributed by atoms with Gasteiger partial charge in [0.15, 0.2) is 0 Å². The Balaban J connectivity index is 1.51. The molecular weight excluding hydrogens is 326 g/mol. The zero-order chi connectivity index (χ0) is 18.1. The molecule has 2 fully saturated rings. The quantitative estimate of drug-likeness (QED) is 0.919. The first-order valence-electron chi connectivity index (χ1n) is 9.65. The Bertz CT molecular complexity index is 807. The number of benzene rings is 1. The Kier molecular flexibility index (Phi) is 4.76. The lowest BCUT2D eigenvalue weighted by Gasteiger charge is -2.36. The van der Waals surface area contributed by atoms with Crippen molar-refractivity contribution in [1.82, 2.24) is 14.9 Å². The van der Waals surface area contributed by atoms with Crippen LogP contribution in [-0.4, -0.2) is 53.0 Å². The average Bonchev–Trinajstić information content (AvgIpc) is 3.16. The second kappa shape index (κ2) is 7.19. The Hall–Kier alpha value is -2.21. The van der Waals surface area contributed by atoms with Crippen LogP contribution in [-0.2, 0) is 4.79 Å². The first-order valence-corrected chi connectivity index (χ1v) is 9.65. The normalized spacial score (nSPS) is 19.2. The molecule has 138 valence electrons.